The minimum Gasteiger partial charge on any atom is -0.481 e. The van der Waals surface area contributed by atoms with Crippen LogP contribution in [0.3, 0.4) is 0 Å². The summed E-state index contributed by atoms with van der Waals surface area (Å²) in [5.41, 5.74) is 0. The van der Waals surface area contributed by atoms with E-state index in [0.29, 0.717) is 45.6 Å². The van der Waals surface area contributed by atoms with Crippen LogP contribution >= 0.6 is 0 Å². The zero-order valence-electron chi connectivity index (χ0n) is 20.8. The van der Waals surface area contributed by atoms with Crippen molar-refractivity contribution in [2.45, 2.75) is 69.0 Å². The van der Waals surface area contributed by atoms with Crippen molar-refractivity contribution < 1.29 is 23.8 Å². The highest BCUT2D eigenvalue weighted by atomic mass is 19.1. The minimum atomic E-state index is -0.880. The third-order valence-corrected chi connectivity index (χ3v) is 8.18. The van der Waals surface area contributed by atoms with Gasteiger partial charge in [0.05, 0.1) is 30.3 Å². The summed E-state index contributed by atoms with van der Waals surface area (Å²) in [6.45, 7) is 2.56. The number of aliphatic carboxylic acids is 1. The number of ether oxygens (including phenoxy) is 1. The molecule has 1 aliphatic carbocycles. The minimum absolute atomic E-state index is 0.00412. The molecule has 0 aromatic carbocycles. The first-order valence-electron chi connectivity index (χ1n) is 13.0. The number of methoxy groups -OCH3 is 1. The van der Waals surface area contributed by atoms with Gasteiger partial charge in [-0.1, -0.05) is 6.42 Å². The average molecular weight is 500 g/mol. The molecule has 0 aromatic heterocycles. The van der Waals surface area contributed by atoms with Gasteiger partial charge in [0, 0.05) is 58.8 Å². The van der Waals surface area contributed by atoms with Gasteiger partial charge in [0.2, 0.25) is 5.91 Å². The van der Waals surface area contributed by atoms with Crippen LogP contribution in [0.25, 0.3) is 0 Å². The van der Waals surface area contributed by atoms with Crippen LogP contribution in [0.2, 0.25) is 0 Å². The van der Waals surface area contributed by atoms with Gasteiger partial charge in [-0.25, -0.2) is 4.39 Å². The van der Waals surface area contributed by atoms with E-state index in [0.717, 1.165) is 19.3 Å². The number of carboxylic acid groups (broad SMARTS) is 1. The number of rotatable bonds is 7. The second-order valence-corrected chi connectivity index (χ2v) is 10.3. The highest BCUT2D eigenvalue weighted by Crippen LogP contribution is 2.30. The highest BCUT2D eigenvalue weighted by Gasteiger charge is 2.43. The standard InChI is InChI=1S/C23H42FN7O4/c1-25-21(32)16-12-28-23(31-8-6-13(7-9-31)22(33)34)30-20(16)29-17-5-3-4-15(18(17)35-2)19-26-10-14(24)11-27-19/h13-20,23,26-30H,3-12H2,1-2H3,(H,25,32)(H,33,34). The van der Waals surface area contributed by atoms with Crippen molar-refractivity contribution in [1.29, 1.82) is 0 Å². The van der Waals surface area contributed by atoms with Crippen molar-refractivity contribution in [2.24, 2.45) is 17.8 Å². The summed E-state index contributed by atoms with van der Waals surface area (Å²) < 4.78 is 19.6. The van der Waals surface area contributed by atoms with Crippen molar-refractivity contribution in [3.63, 3.8) is 0 Å². The molecule has 12 heteroatoms. The lowest BCUT2D eigenvalue weighted by molar-refractivity contribution is -0.144. The summed E-state index contributed by atoms with van der Waals surface area (Å²) >= 11 is 0. The molecule has 1 saturated carbocycles. The number of hydrogen-bond donors (Lipinski definition) is 7. The van der Waals surface area contributed by atoms with Crippen molar-refractivity contribution in [3.8, 4) is 0 Å². The van der Waals surface area contributed by atoms with Crippen LogP contribution in [-0.2, 0) is 14.3 Å². The molecule has 200 valence electrons. The van der Waals surface area contributed by atoms with Gasteiger partial charge in [-0.15, -0.1) is 0 Å². The fraction of sp³-hybridized carbons (Fsp3) is 0.913. The number of halogens is 1. The molecule has 0 aromatic rings. The molecule has 3 heterocycles. The molecule has 7 N–H and O–H groups in total. The number of likely N-dealkylation sites (tertiary alicyclic amines) is 1. The average Bonchev–Trinajstić information content (AvgIpc) is 2.88. The van der Waals surface area contributed by atoms with Gasteiger partial charge in [-0.05, 0) is 25.7 Å². The molecule has 4 rings (SSSR count). The molecule has 6 atom stereocenters. The number of nitrogens with one attached hydrogen (secondary N) is 6. The lowest BCUT2D eigenvalue weighted by atomic mass is 9.80. The van der Waals surface area contributed by atoms with Crippen LogP contribution in [0, 0.1) is 17.8 Å². The molecular formula is C23H42FN7O4. The second-order valence-electron chi connectivity index (χ2n) is 10.3. The SMILES string of the molecule is CNC(=O)C1CNC(N2CCC(C(=O)O)CC2)NC1NC1CCCC(C2NCC(F)CN2)C1OC. The van der Waals surface area contributed by atoms with E-state index in [4.69, 9.17) is 4.74 Å². The lowest BCUT2D eigenvalue weighted by Crippen LogP contribution is -2.73. The first-order chi connectivity index (χ1) is 16.9. The molecule has 6 unspecified atom stereocenters. The fourth-order valence-electron chi connectivity index (χ4n) is 6.20. The Kier molecular flexibility index (Phi) is 9.30. The number of nitrogens with zero attached hydrogens (tertiary/aromatic N) is 1. The van der Waals surface area contributed by atoms with Gasteiger partial charge < -0.3 is 15.2 Å². The number of hydrogen-bond acceptors (Lipinski definition) is 9. The van der Waals surface area contributed by atoms with Crippen LogP contribution in [-0.4, -0.2) is 106 Å². The maximum absolute atomic E-state index is 13.6. The molecule has 0 radical (unpaired) electrons. The summed E-state index contributed by atoms with van der Waals surface area (Å²) in [4.78, 5) is 26.3. The Labute approximate surface area is 206 Å². The third-order valence-electron chi connectivity index (χ3n) is 8.18. The summed E-state index contributed by atoms with van der Waals surface area (Å²) in [6, 6.07) is 0.0339. The molecule has 0 bridgehead atoms. The Morgan fingerprint density at radius 1 is 1.06 bits per heavy atom. The number of carboxylic acids is 1. The lowest BCUT2D eigenvalue weighted by Gasteiger charge is -2.48. The number of amides is 1. The van der Waals surface area contributed by atoms with E-state index in [9.17, 15) is 19.1 Å². The number of carbonyl (C=O) groups is 2. The number of carbonyl (C=O) groups excluding carboxylic acids is 1. The highest BCUT2D eigenvalue weighted by molar-refractivity contribution is 5.79. The second kappa shape index (κ2) is 12.2. The van der Waals surface area contributed by atoms with Crippen molar-refractivity contribution in [3.05, 3.63) is 0 Å². The summed E-state index contributed by atoms with van der Waals surface area (Å²) in [6.07, 6.45) is 2.76. The van der Waals surface area contributed by atoms with Crippen LogP contribution in [0.1, 0.15) is 32.1 Å². The largest absolute Gasteiger partial charge is 0.481 e. The smallest absolute Gasteiger partial charge is 0.306 e. The van der Waals surface area contributed by atoms with Crippen LogP contribution in [0.5, 0.6) is 0 Å². The topological polar surface area (TPSA) is 139 Å². The van der Waals surface area contributed by atoms with Gasteiger partial charge in [-0.3, -0.25) is 41.1 Å². The van der Waals surface area contributed by atoms with Crippen molar-refractivity contribution >= 4 is 11.9 Å². The Hall–Kier alpha value is -1.41. The third kappa shape index (κ3) is 6.30. The Morgan fingerprint density at radius 3 is 2.40 bits per heavy atom. The molecule has 4 aliphatic rings. The molecule has 3 saturated heterocycles. The molecule has 0 spiro atoms. The predicted molar refractivity (Wildman–Crippen MR) is 128 cm³/mol. The van der Waals surface area contributed by atoms with Gasteiger partial charge in [0.25, 0.3) is 0 Å². The number of piperidine rings is 1. The van der Waals surface area contributed by atoms with Crippen molar-refractivity contribution in [2.75, 3.05) is 46.9 Å². The van der Waals surface area contributed by atoms with E-state index < -0.39 is 12.1 Å². The quantitative estimate of drug-likeness (QED) is 0.223. The summed E-state index contributed by atoms with van der Waals surface area (Å²) in [5.74, 6) is -1.20. The maximum atomic E-state index is 13.6. The summed E-state index contributed by atoms with van der Waals surface area (Å²) in [7, 11) is 3.37. The molecule has 3 aliphatic heterocycles. The first-order valence-corrected chi connectivity index (χ1v) is 13.0. The monoisotopic (exact) mass is 499 g/mol. The zero-order chi connectivity index (χ0) is 24.9. The van der Waals surface area contributed by atoms with E-state index in [1.807, 2.05) is 0 Å². The molecule has 11 nitrogen and oxygen atoms in total. The van der Waals surface area contributed by atoms with Crippen LogP contribution in [0.4, 0.5) is 4.39 Å². The van der Waals surface area contributed by atoms with Gasteiger partial charge in [-0.2, -0.15) is 0 Å². The predicted octanol–water partition coefficient (Wildman–Crippen LogP) is -1.42. The number of alkyl halides is 1. The summed E-state index contributed by atoms with van der Waals surface area (Å²) in [5, 5.41) is 29.4. The zero-order valence-corrected chi connectivity index (χ0v) is 20.8. The normalized spacial score (nSPS) is 39.7. The van der Waals surface area contributed by atoms with Gasteiger partial charge >= 0.3 is 5.97 Å². The van der Waals surface area contributed by atoms with E-state index >= 15 is 0 Å². The Balaban J connectivity index is 1.42. The van der Waals surface area contributed by atoms with Gasteiger partial charge in [0.15, 0.2) is 0 Å². The first kappa shape index (κ1) is 26.6. The Morgan fingerprint density at radius 2 is 1.77 bits per heavy atom. The van der Waals surface area contributed by atoms with Crippen molar-refractivity contribution in [1.82, 2.24) is 36.8 Å². The molecular weight excluding hydrogens is 457 g/mol. The maximum Gasteiger partial charge on any atom is 0.306 e. The van der Waals surface area contributed by atoms with E-state index in [-0.39, 0.29) is 54.4 Å². The van der Waals surface area contributed by atoms with E-state index in [1.165, 1.54) is 0 Å². The van der Waals surface area contributed by atoms with Crippen LogP contribution in [0.15, 0.2) is 0 Å². The van der Waals surface area contributed by atoms with Gasteiger partial charge in [0.1, 0.15) is 12.5 Å². The molecule has 1 amide bonds. The molecule has 4 fully saturated rings. The molecule has 35 heavy (non-hydrogen) atoms. The van der Waals surface area contributed by atoms with Crippen LogP contribution < -0.4 is 31.9 Å². The van der Waals surface area contributed by atoms with E-state index in [2.05, 4.69) is 36.8 Å². The fourth-order valence-corrected chi connectivity index (χ4v) is 6.20. The Bertz CT molecular complexity index is 718. The van der Waals surface area contributed by atoms with E-state index in [1.54, 1.807) is 14.2 Å².